The number of ether oxygens (including phenoxy) is 1. The van der Waals surface area contributed by atoms with Gasteiger partial charge in [0.2, 0.25) is 5.91 Å². The number of aliphatic imine (C=N–C) groups is 1. The van der Waals surface area contributed by atoms with Crippen molar-refractivity contribution in [1.29, 1.82) is 0 Å². The Hall–Kier alpha value is -1.81. The number of guanidine groups is 1. The number of hydrogen-bond acceptors (Lipinski definition) is 4. The molecule has 0 bridgehead atoms. The number of nitrogens with zero attached hydrogens (tertiary/aromatic N) is 1. The van der Waals surface area contributed by atoms with Gasteiger partial charge in [0.15, 0.2) is 5.96 Å². The molecule has 6 nitrogen and oxygen atoms in total. The summed E-state index contributed by atoms with van der Waals surface area (Å²) < 4.78 is 5.12. The second-order valence-corrected chi connectivity index (χ2v) is 6.61. The van der Waals surface area contributed by atoms with Crippen molar-refractivity contribution in [2.45, 2.75) is 19.9 Å². The van der Waals surface area contributed by atoms with Crippen LogP contribution in [-0.2, 0) is 17.8 Å². The monoisotopic (exact) mass is 502 g/mol. The van der Waals surface area contributed by atoms with Gasteiger partial charge in [0.1, 0.15) is 12.3 Å². The molecule has 0 fully saturated rings. The van der Waals surface area contributed by atoms with Crippen LogP contribution < -0.4 is 20.7 Å². The predicted molar refractivity (Wildman–Crippen MR) is 122 cm³/mol. The summed E-state index contributed by atoms with van der Waals surface area (Å²) in [6, 6.07) is 11.8. The highest BCUT2D eigenvalue weighted by atomic mass is 127. The standard InChI is InChI=1S/C19H26N4O2S.HI/c1-3-20-19(21-11-10-17-5-4-12-26-17)23-14-18(24)22-13-15-6-8-16(25-2)9-7-15;/h4-9,12H,3,10-11,13-14H2,1-2H3,(H,22,24)(H2,20,21,23);1H. The van der Waals surface area contributed by atoms with Crippen LogP contribution in [0.2, 0.25) is 0 Å². The molecule has 27 heavy (non-hydrogen) atoms. The summed E-state index contributed by atoms with van der Waals surface area (Å²) in [5, 5.41) is 11.3. The number of hydrogen-bond donors (Lipinski definition) is 3. The fourth-order valence-electron chi connectivity index (χ4n) is 2.25. The van der Waals surface area contributed by atoms with Crippen molar-refractivity contribution in [3.05, 3.63) is 52.2 Å². The van der Waals surface area contributed by atoms with Gasteiger partial charge < -0.3 is 20.7 Å². The molecule has 0 unspecified atom stereocenters. The molecule has 0 atom stereocenters. The lowest BCUT2D eigenvalue weighted by Gasteiger charge is -2.11. The van der Waals surface area contributed by atoms with Crippen LogP contribution in [0.25, 0.3) is 0 Å². The quantitative estimate of drug-likeness (QED) is 0.280. The summed E-state index contributed by atoms with van der Waals surface area (Å²) in [4.78, 5) is 17.7. The van der Waals surface area contributed by atoms with Crippen molar-refractivity contribution < 1.29 is 9.53 Å². The van der Waals surface area contributed by atoms with Gasteiger partial charge >= 0.3 is 0 Å². The van der Waals surface area contributed by atoms with Crippen LogP contribution in [-0.4, -0.2) is 38.6 Å². The number of amides is 1. The number of rotatable bonds is 9. The third-order valence-electron chi connectivity index (χ3n) is 3.62. The number of carbonyl (C=O) groups excluding carboxylic acids is 1. The van der Waals surface area contributed by atoms with Gasteiger partial charge in [-0.15, -0.1) is 35.3 Å². The van der Waals surface area contributed by atoms with Crippen LogP contribution >= 0.6 is 35.3 Å². The third-order valence-corrected chi connectivity index (χ3v) is 4.55. The van der Waals surface area contributed by atoms with Crippen molar-refractivity contribution in [3.8, 4) is 5.75 Å². The van der Waals surface area contributed by atoms with E-state index in [-0.39, 0.29) is 36.4 Å². The number of carbonyl (C=O) groups is 1. The molecule has 2 aromatic rings. The fraction of sp³-hybridized carbons (Fsp3) is 0.368. The second kappa shape index (κ2) is 13.4. The Balaban J connectivity index is 0.00000364. The van der Waals surface area contributed by atoms with Gasteiger partial charge in [0, 0.05) is 24.5 Å². The summed E-state index contributed by atoms with van der Waals surface area (Å²) in [5.74, 6) is 1.34. The Morgan fingerprint density at radius 3 is 2.56 bits per heavy atom. The molecule has 1 aromatic heterocycles. The van der Waals surface area contributed by atoms with Gasteiger partial charge in [-0.3, -0.25) is 4.79 Å². The minimum absolute atomic E-state index is 0. The molecule has 0 saturated carbocycles. The minimum Gasteiger partial charge on any atom is -0.497 e. The van der Waals surface area contributed by atoms with Crippen molar-refractivity contribution in [2.24, 2.45) is 4.99 Å². The van der Waals surface area contributed by atoms with E-state index in [1.165, 1.54) is 4.88 Å². The molecule has 1 amide bonds. The van der Waals surface area contributed by atoms with Crippen molar-refractivity contribution >= 4 is 47.2 Å². The molecular weight excluding hydrogens is 475 g/mol. The van der Waals surface area contributed by atoms with E-state index in [0.717, 1.165) is 30.8 Å². The first-order chi connectivity index (χ1) is 12.7. The molecule has 3 N–H and O–H groups in total. The van der Waals surface area contributed by atoms with E-state index < -0.39 is 0 Å². The lowest BCUT2D eigenvalue weighted by molar-refractivity contribution is -0.119. The first kappa shape index (κ1) is 23.2. The van der Waals surface area contributed by atoms with E-state index in [0.29, 0.717) is 12.5 Å². The zero-order chi connectivity index (χ0) is 18.6. The maximum atomic E-state index is 12.0. The van der Waals surface area contributed by atoms with Gasteiger partial charge in [-0.1, -0.05) is 18.2 Å². The Labute approximate surface area is 181 Å². The van der Waals surface area contributed by atoms with Crippen LogP contribution in [0.1, 0.15) is 17.4 Å². The Morgan fingerprint density at radius 1 is 1.15 bits per heavy atom. The molecule has 8 heteroatoms. The number of benzene rings is 1. The predicted octanol–water partition coefficient (Wildman–Crippen LogP) is 2.79. The molecule has 0 aliphatic carbocycles. The molecule has 0 aliphatic heterocycles. The van der Waals surface area contributed by atoms with E-state index >= 15 is 0 Å². The average Bonchev–Trinajstić information content (AvgIpc) is 3.18. The maximum absolute atomic E-state index is 12.0. The first-order valence-corrected chi connectivity index (χ1v) is 9.53. The summed E-state index contributed by atoms with van der Waals surface area (Å²) in [6.07, 6.45) is 0.936. The molecule has 2 rings (SSSR count). The van der Waals surface area contributed by atoms with E-state index in [2.05, 4.69) is 32.4 Å². The number of nitrogens with one attached hydrogen (secondary N) is 3. The van der Waals surface area contributed by atoms with Gasteiger partial charge in [-0.2, -0.15) is 0 Å². The zero-order valence-corrected chi connectivity index (χ0v) is 18.8. The van der Waals surface area contributed by atoms with Crippen molar-refractivity contribution in [1.82, 2.24) is 16.0 Å². The van der Waals surface area contributed by atoms with Gasteiger partial charge in [0.25, 0.3) is 0 Å². The second-order valence-electron chi connectivity index (χ2n) is 5.58. The van der Waals surface area contributed by atoms with Gasteiger partial charge in [-0.05, 0) is 42.5 Å². The Morgan fingerprint density at radius 2 is 1.93 bits per heavy atom. The number of halogens is 1. The van der Waals surface area contributed by atoms with Crippen LogP contribution in [0.4, 0.5) is 0 Å². The molecule has 0 radical (unpaired) electrons. The zero-order valence-electron chi connectivity index (χ0n) is 15.7. The van der Waals surface area contributed by atoms with Crippen molar-refractivity contribution in [2.75, 3.05) is 26.7 Å². The SMILES string of the molecule is CCNC(=NCC(=O)NCc1ccc(OC)cc1)NCCc1cccs1.I. The molecule has 148 valence electrons. The van der Waals surface area contributed by atoms with Crippen LogP contribution in [0.5, 0.6) is 5.75 Å². The number of methoxy groups -OCH3 is 1. The van der Waals surface area contributed by atoms with E-state index in [1.807, 2.05) is 37.3 Å². The largest absolute Gasteiger partial charge is 0.497 e. The molecule has 1 heterocycles. The summed E-state index contributed by atoms with van der Waals surface area (Å²) in [5.41, 5.74) is 1.02. The molecule has 1 aromatic carbocycles. The smallest absolute Gasteiger partial charge is 0.242 e. The Bertz CT molecular complexity index is 690. The lowest BCUT2D eigenvalue weighted by atomic mass is 10.2. The van der Waals surface area contributed by atoms with E-state index in [9.17, 15) is 4.79 Å². The molecular formula is C19H27IN4O2S. The van der Waals surface area contributed by atoms with Crippen molar-refractivity contribution in [3.63, 3.8) is 0 Å². The summed E-state index contributed by atoms with van der Waals surface area (Å²) in [7, 11) is 1.63. The van der Waals surface area contributed by atoms with Crippen LogP contribution in [0, 0.1) is 0 Å². The summed E-state index contributed by atoms with van der Waals surface area (Å²) >= 11 is 1.74. The highest BCUT2D eigenvalue weighted by Gasteiger charge is 2.03. The van der Waals surface area contributed by atoms with E-state index in [4.69, 9.17) is 4.74 Å². The Kier molecular flexibility index (Phi) is 11.5. The highest BCUT2D eigenvalue weighted by molar-refractivity contribution is 14.0. The molecule has 0 saturated heterocycles. The van der Waals surface area contributed by atoms with Gasteiger partial charge in [0.05, 0.1) is 7.11 Å². The van der Waals surface area contributed by atoms with Crippen LogP contribution in [0.15, 0.2) is 46.8 Å². The molecule has 0 spiro atoms. The molecule has 0 aliphatic rings. The average molecular weight is 502 g/mol. The maximum Gasteiger partial charge on any atom is 0.242 e. The summed E-state index contributed by atoms with van der Waals surface area (Å²) in [6.45, 7) is 4.09. The first-order valence-electron chi connectivity index (χ1n) is 8.65. The topological polar surface area (TPSA) is 74.8 Å². The fourth-order valence-corrected chi connectivity index (χ4v) is 2.96. The van der Waals surface area contributed by atoms with Crippen LogP contribution in [0.3, 0.4) is 0 Å². The minimum atomic E-state index is -0.115. The number of thiophene rings is 1. The third kappa shape index (κ3) is 9.09. The normalized spacial score (nSPS) is 10.7. The highest BCUT2D eigenvalue weighted by Crippen LogP contribution is 2.11. The van der Waals surface area contributed by atoms with Gasteiger partial charge in [-0.25, -0.2) is 4.99 Å². The lowest BCUT2D eigenvalue weighted by Crippen LogP contribution is -2.39. The van der Waals surface area contributed by atoms with E-state index in [1.54, 1.807) is 18.4 Å².